The van der Waals surface area contributed by atoms with Crippen LogP contribution in [0.25, 0.3) is 10.9 Å². The molecular formula is C39H51ClF3N5O11S. The van der Waals surface area contributed by atoms with E-state index in [1.165, 1.54) is 4.90 Å². The Kier molecular flexibility index (Phi) is 13.1. The van der Waals surface area contributed by atoms with Crippen molar-refractivity contribution in [2.75, 3.05) is 26.4 Å². The Morgan fingerprint density at radius 3 is 2.40 bits per heavy atom. The van der Waals surface area contributed by atoms with Crippen molar-refractivity contribution in [2.45, 2.75) is 127 Å². The second-order valence-electron chi connectivity index (χ2n) is 16.8. The molecule has 6 rings (SSSR count). The van der Waals surface area contributed by atoms with Gasteiger partial charge in [0.2, 0.25) is 17.7 Å². The Balaban J connectivity index is 1.30. The van der Waals surface area contributed by atoms with Crippen molar-refractivity contribution in [3.63, 3.8) is 0 Å². The number of nitrogens with one attached hydrogen (secondary N) is 3. The first-order valence-electron chi connectivity index (χ1n) is 20.0. The summed E-state index contributed by atoms with van der Waals surface area (Å²) < 4.78 is 95.3. The standard InChI is InChI=1S/C39H51ClF3N5O11S/c1-6-23-19-38(23,34(51)47-60(53,54)59-37(13-14-37)21-39(41,42)43)46-32(49)27-17-24(57-28-18-29(56-7-2)44-31-25(28)9-8-10-26(31)40)20-48(27)33(50)30(22-11-15-55-16-12-22)45-35(52)58-36(3,4)5/h8-10,18,22-24,27,30H,6-7,11-17,19-21H2,1-5H3,(H,45,52)(H,46,49)(H,47,51)/t23?,24-,27+,30+,38-/m1/s1. The molecular weight excluding hydrogens is 839 g/mol. The maximum Gasteiger partial charge on any atom is 0.408 e. The molecule has 0 spiro atoms. The second kappa shape index (κ2) is 17.3. The molecule has 2 saturated carbocycles. The number of nitrogens with zero attached hydrogens (tertiary/aromatic N) is 2. The molecule has 3 heterocycles. The number of rotatable bonds is 15. The van der Waals surface area contributed by atoms with Crippen LogP contribution in [-0.2, 0) is 38.3 Å². The van der Waals surface area contributed by atoms with Crippen molar-refractivity contribution in [3.05, 3.63) is 29.3 Å². The summed E-state index contributed by atoms with van der Waals surface area (Å²) in [5.74, 6) is -3.11. The van der Waals surface area contributed by atoms with E-state index < -0.39 is 93.5 Å². The molecule has 16 nitrogen and oxygen atoms in total. The number of amides is 4. The van der Waals surface area contributed by atoms with Crippen molar-refractivity contribution in [1.29, 1.82) is 0 Å². The summed E-state index contributed by atoms with van der Waals surface area (Å²) in [5, 5.41) is 6.26. The number of para-hydroxylation sites is 1. The third-order valence-electron chi connectivity index (χ3n) is 11.0. The first-order chi connectivity index (χ1) is 28.1. The molecule has 4 amide bonds. The number of fused-ring (bicyclic) bond motifs is 1. The molecule has 1 aromatic heterocycles. The van der Waals surface area contributed by atoms with Crippen LogP contribution >= 0.6 is 11.6 Å². The number of hydrogen-bond donors (Lipinski definition) is 3. The zero-order chi connectivity index (χ0) is 43.8. The lowest BCUT2D eigenvalue weighted by atomic mass is 9.90. The highest BCUT2D eigenvalue weighted by atomic mass is 35.5. The number of ether oxygens (including phenoxy) is 4. The number of pyridine rings is 1. The average molecular weight is 890 g/mol. The summed E-state index contributed by atoms with van der Waals surface area (Å²) in [4.78, 5) is 62.0. The Hall–Kier alpha value is -4.14. The molecule has 21 heteroatoms. The van der Waals surface area contributed by atoms with E-state index in [1.807, 2.05) is 0 Å². The third-order valence-corrected chi connectivity index (χ3v) is 12.3. The van der Waals surface area contributed by atoms with E-state index in [9.17, 15) is 40.8 Å². The van der Waals surface area contributed by atoms with Gasteiger partial charge in [-0.05, 0) is 83.8 Å². The highest BCUT2D eigenvalue weighted by molar-refractivity contribution is 7.85. The fraction of sp³-hybridized carbons (Fsp3) is 0.667. The van der Waals surface area contributed by atoms with Crippen LogP contribution in [0.5, 0.6) is 11.6 Å². The highest BCUT2D eigenvalue weighted by Crippen LogP contribution is 2.50. The van der Waals surface area contributed by atoms with Gasteiger partial charge < -0.3 is 34.5 Å². The minimum absolute atomic E-state index is 0.000248. The summed E-state index contributed by atoms with van der Waals surface area (Å²) in [6, 6.07) is 4.17. The first kappa shape index (κ1) is 45.4. The maximum atomic E-state index is 14.8. The van der Waals surface area contributed by atoms with Gasteiger partial charge in [0.05, 0.1) is 35.7 Å². The molecule has 1 aromatic carbocycles. The molecule has 3 N–H and O–H groups in total. The lowest BCUT2D eigenvalue weighted by Gasteiger charge is -2.35. The Morgan fingerprint density at radius 1 is 1.10 bits per heavy atom. The zero-order valence-corrected chi connectivity index (χ0v) is 35.6. The van der Waals surface area contributed by atoms with E-state index in [0.29, 0.717) is 54.2 Å². The van der Waals surface area contributed by atoms with Gasteiger partial charge >= 0.3 is 22.6 Å². The van der Waals surface area contributed by atoms with Crippen LogP contribution in [0.1, 0.15) is 86.0 Å². The van der Waals surface area contributed by atoms with E-state index in [0.717, 1.165) is 0 Å². The number of aromatic nitrogens is 1. The number of alkyl halides is 3. The predicted octanol–water partition coefficient (Wildman–Crippen LogP) is 5.10. The molecule has 60 heavy (non-hydrogen) atoms. The Morgan fingerprint density at radius 2 is 1.80 bits per heavy atom. The summed E-state index contributed by atoms with van der Waals surface area (Å²) in [6.45, 7) is 9.27. The van der Waals surface area contributed by atoms with Gasteiger partial charge in [-0.25, -0.2) is 18.7 Å². The number of alkyl carbamates (subject to hydrolysis) is 1. The van der Waals surface area contributed by atoms with Crippen LogP contribution in [0.2, 0.25) is 5.02 Å². The number of benzene rings is 1. The lowest BCUT2D eigenvalue weighted by molar-refractivity contribution is -0.154. The third kappa shape index (κ3) is 10.8. The Bertz CT molecular complexity index is 2080. The summed E-state index contributed by atoms with van der Waals surface area (Å²) in [7, 11) is -5.05. The van der Waals surface area contributed by atoms with E-state index in [1.54, 1.807) is 63.6 Å². The van der Waals surface area contributed by atoms with Crippen molar-refractivity contribution >= 4 is 56.6 Å². The van der Waals surface area contributed by atoms with Gasteiger partial charge in [-0.2, -0.15) is 21.6 Å². The van der Waals surface area contributed by atoms with E-state index >= 15 is 0 Å². The van der Waals surface area contributed by atoms with Gasteiger partial charge in [0.15, 0.2) is 0 Å². The van der Waals surface area contributed by atoms with E-state index in [-0.39, 0.29) is 44.7 Å². The number of carbonyl (C=O) groups excluding carboxylic acids is 4. The number of carbonyl (C=O) groups is 4. The van der Waals surface area contributed by atoms with Gasteiger partial charge in [0.25, 0.3) is 5.91 Å². The normalized spacial score (nSPS) is 24.6. The number of likely N-dealkylation sites (tertiary alicyclic amines) is 1. The van der Waals surface area contributed by atoms with Gasteiger partial charge in [-0.1, -0.05) is 31.0 Å². The minimum Gasteiger partial charge on any atom is -0.488 e. The second-order valence-corrected chi connectivity index (χ2v) is 18.5. The summed E-state index contributed by atoms with van der Waals surface area (Å²) in [5.41, 5.74) is -4.32. The molecule has 332 valence electrons. The largest absolute Gasteiger partial charge is 0.488 e. The van der Waals surface area contributed by atoms with Crippen LogP contribution < -0.4 is 24.8 Å². The predicted molar refractivity (Wildman–Crippen MR) is 209 cm³/mol. The summed E-state index contributed by atoms with van der Waals surface area (Å²) in [6.07, 6.45) is -7.28. The summed E-state index contributed by atoms with van der Waals surface area (Å²) >= 11 is 6.50. The maximum absolute atomic E-state index is 14.8. The molecule has 2 aromatic rings. The Labute approximate surface area is 351 Å². The van der Waals surface area contributed by atoms with Crippen molar-refractivity contribution in [2.24, 2.45) is 11.8 Å². The minimum atomic E-state index is -5.05. The molecule has 2 saturated heterocycles. The first-order valence-corrected chi connectivity index (χ1v) is 21.8. The molecule has 2 aliphatic carbocycles. The fourth-order valence-electron chi connectivity index (χ4n) is 7.94. The SMILES string of the molecule is CCOc1cc(O[C@@H]2C[C@@H](C(=O)N[C@]3(C(=O)NS(=O)(=O)OC4(CC(F)(F)F)CC4)CC3CC)N(C(=O)[C@@H](NC(=O)OC(C)(C)C)C3CCOCC3)C2)c2cccc(Cl)c2n1. The van der Waals surface area contributed by atoms with E-state index in [2.05, 4.69) is 15.6 Å². The smallest absolute Gasteiger partial charge is 0.408 e. The van der Waals surface area contributed by atoms with Crippen LogP contribution in [0.3, 0.4) is 0 Å². The quantitative estimate of drug-likeness (QED) is 0.214. The van der Waals surface area contributed by atoms with Crippen LogP contribution in [0.15, 0.2) is 24.3 Å². The van der Waals surface area contributed by atoms with Gasteiger partial charge in [-0.15, -0.1) is 0 Å². The topological polar surface area (TPSA) is 201 Å². The number of hydrogen-bond acceptors (Lipinski definition) is 12. The highest BCUT2D eigenvalue weighted by Gasteiger charge is 2.63. The van der Waals surface area contributed by atoms with E-state index in [4.69, 9.17) is 34.7 Å². The fourth-order valence-corrected chi connectivity index (χ4v) is 9.30. The molecule has 0 bridgehead atoms. The zero-order valence-electron chi connectivity index (χ0n) is 34.0. The monoisotopic (exact) mass is 889 g/mol. The van der Waals surface area contributed by atoms with Crippen LogP contribution in [-0.4, -0.2) is 110 Å². The molecule has 1 unspecified atom stereocenters. The van der Waals surface area contributed by atoms with Crippen molar-refractivity contribution < 1.29 is 63.9 Å². The van der Waals surface area contributed by atoms with Gasteiger partial charge in [0.1, 0.15) is 35.1 Å². The number of halogens is 4. The van der Waals surface area contributed by atoms with Crippen molar-refractivity contribution in [1.82, 2.24) is 25.2 Å². The molecule has 0 radical (unpaired) electrons. The molecule has 4 aliphatic rings. The van der Waals surface area contributed by atoms with Crippen LogP contribution in [0.4, 0.5) is 18.0 Å². The molecule has 5 atom stereocenters. The van der Waals surface area contributed by atoms with Crippen LogP contribution in [0, 0.1) is 11.8 Å². The van der Waals surface area contributed by atoms with Crippen molar-refractivity contribution in [3.8, 4) is 11.6 Å². The molecule has 2 aliphatic heterocycles. The molecule has 4 fully saturated rings. The van der Waals surface area contributed by atoms with Gasteiger partial charge in [0, 0.05) is 31.1 Å². The van der Waals surface area contributed by atoms with Gasteiger partial charge in [-0.3, -0.25) is 14.4 Å². The average Bonchev–Trinajstić information content (AvgIpc) is 4.02. The lowest BCUT2D eigenvalue weighted by Crippen LogP contribution is -2.59.